The van der Waals surface area contributed by atoms with Gasteiger partial charge in [-0.1, -0.05) is 11.6 Å². The molecule has 7 heteroatoms. The number of nitriles is 1. The Morgan fingerprint density at radius 1 is 1.29 bits per heavy atom. The molecule has 0 aliphatic carbocycles. The van der Waals surface area contributed by atoms with Gasteiger partial charge in [-0.2, -0.15) is 5.26 Å². The summed E-state index contributed by atoms with van der Waals surface area (Å²) in [6.45, 7) is 0.181. The minimum atomic E-state index is -0.603. The van der Waals surface area contributed by atoms with Crippen molar-refractivity contribution < 1.29 is 9.66 Å². The molecule has 0 aliphatic heterocycles. The standard InChI is InChI=1S/C14H10ClN3O3/c15-11-2-4-13(10(6-11)8-17)21-14-3-1-9(7-16)5-12(14)18(19)20/h1-6H,8,17H2. The zero-order valence-corrected chi connectivity index (χ0v) is 11.5. The Balaban J connectivity index is 2.45. The number of nitrogens with two attached hydrogens (primary N) is 1. The fourth-order valence-electron chi connectivity index (χ4n) is 1.74. The van der Waals surface area contributed by atoms with Gasteiger partial charge in [0.05, 0.1) is 16.6 Å². The Labute approximate surface area is 125 Å². The number of hydrogen-bond acceptors (Lipinski definition) is 5. The minimum Gasteiger partial charge on any atom is -0.450 e. The Morgan fingerprint density at radius 2 is 2.00 bits per heavy atom. The molecule has 6 nitrogen and oxygen atoms in total. The largest absolute Gasteiger partial charge is 0.450 e. The summed E-state index contributed by atoms with van der Waals surface area (Å²) in [4.78, 5) is 10.5. The maximum Gasteiger partial charge on any atom is 0.312 e. The first-order chi connectivity index (χ1) is 10.0. The van der Waals surface area contributed by atoms with Crippen LogP contribution in [0, 0.1) is 21.4 Å². The van der Waals surface area contributed by atoms with Crippen LogP contribution in [0.15, 0.2) is 36.4 Å². The van der Waals surface area contributed by atoms with Gasteiger partial charge in [-0.15, -0.1) is 0 Å². The van der Waals surface area contributed by atoms with Gasteiger partial charge < -0.3 is 10.5 Å². The van der Waals surface area contributed by atoms with E-state index in [-0.39, 0.29) is 23.5 Å². The van der Waals surface area contributed by atoms with Crippen LogP contribution in [0.3, 0.4) is 0 Å². The molecular weight excluding hydrogens is 294 g/mol. The molecule has 0 bridgehead atoms. The highest BCUT2D eigenvalue weighted by Crippen LogP contribution is 2.34. The first-order valence-corrected chi connectivity index (χ1v) is 6.28. The van der Waals surface area contributed by atoms with E-state index in [0.717, 1.165) is 6.07 Å². The average molecular weight is 304 g/mol. The number of nitro groups is 1. The summed E-state index contributed by atoms with van der Waals surface area (Å²) in [5.74, 6) is 0.422. The van der Waals surface area contributed by atoms with Crippen molar-refractivity contribution in [1.82, 2.24) is 0 Å². The predicted octanol–water partition coefficient (Wildman–Crippen LogP) is 3.37. The number of ether oxygens (including phenoxy) is 1. The highest BCUT2D eigenvalue weighted by atomic mass is 35.5. The lowest BCUT2D eigenvalue weighted by Gasteiger charge is -2.10. The number of halogens is 1. The monoisotopic (exact) mass is 303 g/mol. The molecule has 0 heterocycles. The number of rotatable bonds is 4. The topological polar surface area (TPSA) is 102 Å². The molecule has 0 amide bonds. The van der Waals surface area contributed by atoms with E-state index >= 15 is 0 Å². The van der Waals surface area contributed by atoms with Crippen LogP contribution < -0.4 is 10.5 Å². The zero-order chi connectivity index (χ0) is 15.4. The second-order valence-corrected chi connectivity index (χ2v) is 4.55. The van der Waals surface area contributed by atoms with Gasteiger partial charge in [0, 0.05) is 23.2 Å². The average Bonchev–Trinajstić information content (AvgIpc) is 2.49. The smallest absolute Gasteiger partial charge is 0.312 e. The first-order valence-electron chi connectivity index (χ1n) is 5.90. The molecule has 0 fully saturated rings. The van der Waals surface area contributed by atoms with Crippen molar-refractivity contribution in [2.24, 2.45) is 5.73 Å². The third kappa shape index (κ3) is 3.28. The van der Waals surface area contributed by atoms with Gasteiger partial charge in [-0.3, -0.25) is 10.1 Å². The molecule has 106 valence electrons. The fourth-order valence-corrected chi connectivity index (χ4v) is 1.94. The Morgan fingerprint density at radius 3 is 2.62 bits per heavy atom. The van der Waals surface area contributed by atoms with Crippen LogP contribution in [0.4, 0.5) is 5.69 Å². The van der Waals surface area contributed by atoms with Gasteiger partial charge in [0.2, 0.25) is 5.75 Å². The summed E-state index contributed by atoms with van der Waals surface area (Å²) in [5, 5.41) is 20.3. The molecule has 2 N–H and O–H groups in total. The third-order valence-electron chi connectivity index (χ3n) is 2.75. The molecule has 0 saturated carbocycles. The summed E-state index contributed by atoms with van der Waals surface area (Å²) in [5.41, 5.74) is 6.13. The van der Waals surface area contributed by atoms with E-state index in [4.69, 9.17) is 27.3 Å². The fraction of sp³-hybridized carbons (Fsp3) is 0.0714. The predicted molar refractivity (Wildman–Crippen MR) is 77.2 cm³/mol. The molecule has 21 heavy (non-hydrogen) atoms. The molecule has 0 saturated heterocycles. The highest BCUT2D eigenvalue weighted by Gasteiger charge is 2.18. The summed E-state index contributed by atoms with van der Waals surface area (Å²) >= 11 is 5.86. The van der Waals surface area contributed by atoms with Gasteiger partial charge in [0.15, 0.2) is 0 Å². The van der Waals surface area contributed by atoms with Gasteiger partial charge in [0.25, 0.3) is 0 Å². The van der Waals surface area contributed by atoms with Crippen molar-refractivity contribution >= 4 is 17.3 Å². The summed E-state index contributed by atoms with van der Waals surface area (Å²) in [7, 11) is 0. The van der Waals surface area contributed by atoms with E-state index in [2.05, 4.69) is 0 Å². The Hall–Kier alpha value is -2.62. The lowest BCUT2D eigenvalue weighted by atomic mass is 10.2. The van der Waals surface area contributed by atoms with Crippen molar-refractivity contribution in [3.05, 3.63) is 62.7 Å². The van der Waals surface area contributed by atoms with Crippen LogP contribution in [0.25, 0.3) is 0 Å². The van der Waals surface area contributed by atoms with E-state index in [9.17, 15) is 10.1 Å². The van der Waals surface area contributed by atoms with E-state index in [1.165, 1.54) is 12.1 Å². The SMILES string of the molecule is N#Cc1ccc(Oc2ccc(Cl)cc2CN)c([N+](=O)[O-])c1. The van der Waals surface area contributed by atoms with Crippen LogP contribution in [0.5, 0.6) is 11.5 Å². The molecule has 2 rings (SSSR count). The molecule has 2 aromatic carbocycles. The molecular formula is C14H10ClN3O3. The van der Waals surface area contributed by atoms with Crippen LogP contribution in [0.2, 0.25) is 5.02 Å². The van der Waals surface area contributed by atoms with Gasteiger partial charge >= 0.3 is 5.69 Å². The lowest BCUT2D eigenvalue weighted by Crippen LogP contribution is -2.01. The summed E-state index contributed by atoms with van der Waals surface area (Å²) in [6.07, 6.45) is 0. The van der Waals surface area contributed by atoms with E-state index in [1.54, 1.807) is 18.2 Å². The summed E-state index contributed by atoms with van der Waals surface area (Å²) < 4.78 is 5.56. The van der Waals surface area contributed by atoms with Crippen LogP contribution in [-0.4, -0.2) is 4.92 Å². The second kappa shape index (κ2) is 6.22. The molecule has 0 aromatic heterocycles. The van der Waals surface area contributed by atoms with Gasteiger partial charge in [-0.25, -0.2) is 0 Å². The summed E-state index contributed by atoms with van der Waals surface area (Å²) in [6, 6.07) is 10.7. The Bertz CT molecular complexity index is 741. The van der Waals surface area contributed by atoms with Crippen LogP contribution >= 0.6 is 11.6 Å². The number of hydrogen-bond donors (Lipinski definition) is 1. The van der Waals surface area contributed by atoms with E-state index < -0.39 is 4.92 Å². The first kappa shape index (κ1) is 14.8. The molecule has 0 radical (unpaired) electrons. The van der Waals surface area contributed by atoms with Gasteiger partial charge in [-0.05, 0) is 30.3 Å². The Kier molecular flexibility index (Phi) is 4.38. The van der Waals surface area contributed by atoms with Crippen molar-refractivity contribution in [3.63, 3.8) is 0 Å². The highest BCUT2D eigenvalue weighted by molar-refractivity contribution is 6.30. The molecule has 2 aromatic rings. The van der Waals surface area contributed by atoms with Gasteiger partial charge in [0.1, 0.15) is 5.75 Å². The molecule has 0 unspecified atom stereocenters. The van der Waals surface area contributed by atoms with E-state index in [1.807, 2.05) is 6.07 Å². The lowest BCUT2D eigenvalue weighted by molar-refractivity contribution is -0.385. The van der Waals surface area contributed by atoms with E-state index in [0.29, 0.717) is 16.3 Å². The van der Waals surface area contributed by atoms with Crippen molar-refractivity contribution in [2.75, 3.05) is 0 Å². The number of nitro benzene ring substituents is 1. The molecule has 0 aliphatic rings. The molecule has 0 atom stereocenters. The van der Waals surface area contributed by atoms with Crippen molar-refractivity contribution in [1.29, 1.82) is 5.26 Å². The number of nitrogens with zero attached hydrogens (tertiary/aromatic N) is 2. The zero-order valence-electron chi connectivity index (χ0n) is 10.7. The van der Waals surface area contributed by atoms with Crippen molar-refractivity contribution in [3.8, 4) is 17.6 Å². The molecule has 0 spiro atoms. The minimum absolute atomic E-state index is 0.0380. The normalized spacial score (nSPS) is 9.95. The van der Waals surface area contributed by atoms with Crippen LogP contribution in [-0.2, 0) is 6.54 Å². The maximum atomic E-state index is 11.1. The second-order valence-electron chi connectivity index (χ2n) is 4.11. The quantitative estimate of drug-likeness (QED) is 0.689. The van der Waals surface area contributed by atoms with Crippen LogP contribution in [0.1, 0.15) is 11.1 Å². The van der Waals surface area contributed by atoms with Crippen molar-refractivity contribution in [2.45, 2.75) is 6.54 Å². The third-order valence-corrected chi connectivity index (χ3v) is 2.98. The maximum absolute atomic E-state index is 11.1. The number of benzene rings is 2.